The minimum absolute atomic E-state index is 0. The molecule has 0 fully saturated rings. The van der Waals surface area contributed by atoms with Crippen LogP contribution in [0.25, 0.3) is 0 Å². The minimum Gasteiger partial charge on any atom is -0.550 e. The molecule has 19 heavy (non-hydrogen) atoms. The van der Waals surface area contributed by atoms with Gasteiger partial charge in [0.1, 0.15) is 0 Å². The lowest BCUT2D eigenvalue weighted by Crippen LogP contribution is -2.53. The second-order valence-corrected chi connectivity index (χ2v) is 3.10. The standard InChI is InChI=1S/C8H11NO8.2H3N/c10-5(11)1-4(8(16)17)9(2-6(12)13)3-7(14)15;;/h4H,1-3H2,(H,10,11)(H,12,13)(H,14,15)(H,16,17);2*1H3/t4-;;/m0../s1. The van der Waals surface area contributed by atoms with Crippen molar-refractivity contribution in [2.75, 3.05) is 13.1 Å². The summed E-state index contributed by atoms with van der Waals surface area (Å²) in [5.41, 5.74) is 0. The van der Waals surface area contributed by atoms with Gasteiger partial charge in [-0.3, -0.25) is 14.5 Å². The first-order valence-corrected chi connectivity index (χ1v) is 4.32. The number of aliphatic carboxylic acids is 4. The van der Waals surface area contributed by atoms with Crippen LogP contribution in [0.15, 0.2) is 0 Å². The number of carbonyl (C=O) groups excluding carboxylic acids is 2. The number of carboxylic acids is 4. The number of nitrogens with zero attached hydrogens (tertiary/aromatic N) is 1. The van der Waals surface area contributed by atoms with E-state index >= 15 is 0 Å². The van der Waals surface area contributed by atoms with Gasteiger partial charge in [0.2, 0.25) is 0 Å². The van der Waals surface area contributed by atoms with Crippen molar-refractivity contribution in [3.8, 4) is 0 Å². The maximum Gasteiger partial charge on any atom is 0.317 e. The molecule has 112 valence electrons. The molecule has 0 aromatic carbocycles. The topological polar surface area (TPSA) is 231 Å². The average molecular weight is 283 g/mol. The molecule has 0 rings (SSSR count). The average Bonchev–Trinajstić information content (AvgIpc) is 2.10. The van der Waals surface area contributed by atoms with Crippen LogP contribution in [0.3, 0.4) is 0 Å². The first-order valence-electron chi connectivity index (χ1n) is 4.32. The van der Waals surface area contributed by atoms with Crippen molar-refractivity contribution in [3.63, 3.8) is 0 Å². The van der Waals surface area contributed by atoms with Crippen LogP contribution in [0.5, 0.6) is 0 Å². The van der Waals surface area contributed by atoms with Crippen LogP contribution in [-0.4, -0.2) is 58.1 Å². The summed E-state index contributed by atoms with van der Waals surface area (Å²) < 4.78 is 0. The highest BCUT2D eigenvalue weighted by molar-refractivity contribution is 5.81. The van der Waals surface area contributed by atoms with Gasteiger partial charge in [-0.1, -0.05) is 0 Å². The van der Waals surface area contributed by atoms with Gasteiger partial charge in [0, 0.05) is 12.4 Å². The summed E-state index contributed by atoms with van der Waals surface area (Å²) in [5.74, 6) is -6.61. The van der Waals surface area contributed by atoms with E-state index in [-0.39, 0.29) is 12.3 Å². The van der Waals surface area contributed by atoms with E-state index in [1.54, 1.807) is 0 Å². The number of carbonyl (C=O) groups is 4. The zero-order valence-corrected chi connectivity index (χ0v) is 10.5. The summed E-state index contributed by atoms with van der Waals surface area (Å²) in [7, 11) is 0. The zero-order chi connectivity index (χ0) is 13.6. The largest absolute Gasteiger partial charge is 0.550 e. The number of hydrogen-bond donors (Lipinski definition) is 4. The van der Waals surface area contributed by atoms with E-state index in [1.165, 1.54) is 0 Å². The second-order valence-electron chi connectivity index (χ2n) is 3.10. The highest BCUT2D eigenvalue weighted by Gasteiger charge is 2.24. The third-order valence-electron chi connectivity index (χ3n) is 1.75. The van der Waals surface area contributed by atoms with Gasteiger partial charge in [-0.2, -0.15) is 0 Å². The van der Waals surface area contributed by atoms with E-state index in [9.17, 15) is 29.4 Å². The summed E-state index contributed by atoms with van der Waals surface area (Å²) in [6.07, 6.45) is -1.05. The van der Waals surface area contributed by atoms with Gasteiger partial charge in [0.25, 0.3) is 0 Å². The summed E-state index contributed by atoms with van der Waals surface area (Å²) in [6.45, 7) is -1.86. The Hall–Kier alpha value is -2.24. The lowest BCUT2D eigenvalue weighted by Gasteiger charge is -2.29. The predicted molar refractivity (Wildman–Crippen MR) is 57.2 cm³/mol. The molecule has 11 heteroatoms. The molecule has 0 amide bonds. The van der Waals surface area contributed by atoms with Crippen molar-refractivity contribution in [3.05, 3.63) is 0 Å². The fraction of sp³-hybridized carbons (Fsp3) is 0.500. The molecule has 0 radical (unpaired) electrons. The Labute approximate surface area is 107 Å². The first kappa shape index (κ1) is 22.0. The molecule has 0 bridgehead atoms. The van der Waals surface area contributed by atoms with Gasteiger partial charge >= 0.3 is 11.9 Å². The van der Waals surface area contributed by atoms with Crippen molar-refractivity contribution >= 4 is 23.9 Å². The third-order valence-corrected chi connectivity index (χ3v) is 1.75. The molecule has 0 saturated carbocycles. The van der Waals surface area contributed by atoms with Crippen LogP contribution in [0, 0.1) is 0 Å². The van der Waals surface area contributed by atoms with E-state index in [0.29, 0.717) is 4.90 Å². The van der Waals surface area contributed by atoms with E-state index in [4.69, 9.17) is 10.2 Å². The van der Waals surface area contributed by atoms with Gasteiger partial charge in [0.15, 0.2) is 0 Å². The first-order chi connectivity index (χ1) is 7.73. The van der Waals surface area contributed by atoms with E-state index in [1.807, 2.05) is 0 Å². The fourth-order valence-corrected chi connectivity index (χ4v) is 1.14. The molecular formula is C8H17N3O8. The quantitative estimate of drug-likeness (QED) is 0.344. The number of hydrogen-bond acceptors (Lipinski definition) is 7. The fourth-order valence-electron chi connectivity index (χ4n) is 1.14. The van der Waals surface area contributed by atoms with Crippen molar-refractivity contribution in [2.45, 2.75) is 12.5 Å². The smallest absolute Gasteiger partial charge is 0.317 e. The maximum atomic E-state index is 10.6. The Morgan fingerprint density at radius 2 is 1.32 bits per heavy atom. The van der Waals surface area contributed by atoms with Crippen LogP contribution in [0.2, 0.25) is 0 Å². The number of quaternary nitrogens is 2. The van der Waals surface area contributed by atoms with Crippen molar-refractivity contribution in [2.24, 2.45) is 0 Å². The predicted octanol–water partition coefficient (Wildman–Crippen LogP) is -3.53. The highest BCUT2D eigenvalue weighted by Crippen LogP contribution is 2.03. The Kier molecular flexibility index (Phi) is 11.3. The second kappa shape index (κ2) is 9.76. The SMILES string of the molecule is O=C([O-])C[C@@H](C(=O)[O-])N(CC(=O)O)CC(=O)O.[NH4+].[NH4+]. The Morgan fingerprint density at radius 3 is 1.53 bits per heavy atom. The van der Waals surface area contributed by atoms with E-state index < -0.39 is 49.4 Å². The molecule has 0 heterocycles. The molecular weight excluding hydrogens is 266 g/mol. The summed E-state index contributed by atoms with van der Waals surface area (Å²) in [5, 5.41) is 37.8. The number of rotatable bonds is 8. The monoisotopic (exact) mass is 283 g/mol. The van der Waals surface area contributed by atoms with Gasteiger partial charge in [-0.15, -0.1) is 0 Å². The molecule has 0 aromatic heterocycles. The summed E-state index contributed by atoms with van der Waals surface area (Å²) in [6, 6.07) is -1.87. The van der Waals surface area contributed by atoms with Crippen LogP contribution >= 0.6 is 0 Å². The molecule has 0 spiro atoms. The van der Waals surface area contributed by atoms with E-state index in [2.05, 4.69) is 0 Å². The lowest BCUT2D eigenvalue weighted by atomic mass is 10.1. The highest BCUT2D eigenvalue weighted by atomic mass is 16.4. The van der Waals surface area contributed by atoms with Crippen molar-refractivity contribution in [1.82, 2.24) is 17.2 Å². The molecule has 0 aliphatic rings. The van der Waals surface area contributed by atoms with Crippen LogP contribution in [0.1, 0.15) is 6.42 Å². The Morgan fingerprint density at radius 1 is 0.947 bits per heavy atom. The van der Waals surface area contributed by atoms with Crippen LogP contribution in [0.4, 0.5) is 0 Å². The Balaban J connectivity index is -0.00000128. The zero-order valence-electron chi connectivity index (χ0n) is 10.5. The molecule has 0 saturated heterocycles. The van der Waals surface area contributed by atoms with Gasteiger partial charge in [-0.05, 0) is 0 Å². The molecule has 10 N–H and O–H groups in total. The lowest BCUT2D eigenvalue weighted by molar-refractivity contribution is -0.320. The molecule has 0 aromatic rings. The molecule has 0 aliphatic carbocycles. The van der Waals surface area contributed by atoms with Gasteiger partial charge in [-0.25, -0.2) is 0 Å². The number of carboxylic acid groups (broad SMARTS) is 4. The molecule has 11 nitrogen and oxygen atoms in total. The van der Waals surface area contributed by atoms with E-state index in [0.717, 1.165) is 0 Å². The Bertz CT molecular complexity index is 329. The molecule has 1 atom stereocenters. The minimum atomic E-state index is -1.88. The van der Waals surface area contributed by atoms with Crippen molar-refractivity contribution < 1.29 is 39.6 Å². The maximum absolute atomic E-state index is 10.6. The van der Waals surface area contributed by atoms with Gasteiger partial charge < -0.3 is 42.3 Å². The van der Waals surface area contributed by atoms with Crippen LogP contribution < -0.4 is 22.5 Å². The van der Waals surface area contributed by atoms with Crippen molar-refractivity contribution in [1.29, 1.82) is 0 Å². The molecule has 0 unspecified atom stereocenters. The third kappa shape index (κ3) is 9.46. The summed E-state index contributed by atoms with van der Waals surface area (Å²) >= 11 is 0. The molecule has 0 aliphatic heterocycles. The van der Waals surface area contributed by atoms with Gasteiger partial charge in [0.05, 0.1) is 25.1 Å². The normalized spacial score (nSPS) is 10.8. The van der Waals surface area contributed by atoms with Crippen LogP contribution in [-0.2, 0) is 19.2 Å². The summed E-state index contributed by atoms with van der Waals surface area (Å²) in [4.78, 5) is 42.1.